The standard InChI is InChI=1S/C8H16N4O/c1-2-3-9-4-8(13)5-12-7-10-6-11-12/h6-9,13H,2-5H2,1H3. The molecule has 1 rings (SSSR count). The van der Waals surface area contributed by atoms with E-state index in [1.807, 2.05) is 0 Å². The van der Waals surface area contributed by atoms with Crippen LogP contribution in [0.1, 0.15) is 13.3 Å². The second-order valence-electron chi connectivity index (χ2n) is 2.98. The lowest BCUT2D eigenvalue weighted by Crippen LogP contribution is -2.30. The van der Waals surface area contributed by atoms with Gasteiger partial charge >= 0.3 is 0 Å². The molecule has 2 N–H and O–H groups in total. The molecule has 1 aromatic heterocycles. The van der Waals surface area contributed by atoms with Crippen molar-refractivity contribution in [1.82, 2.24) is 20.1 Å². The normalized spacial score (nSPS) is 13.1. The van der Waals surface area contributed by atoms with Crippen LogP contribution in [0.3, 0.4) is 0 Å². The number of nitrogens with one attached hydrogen (secondary N) is 1. The summed E-state index contributed by atoms with van der Waals surface area (Å²) < 4.78 is 1.62. The summed E-state index contributed by atoms with van der Waals surface area (Å²) in [6.07, 6.45) is 3.75. The van der Waals surface area contributed by atoms with Gasteiger partial charge in [-0.3, -0.25) is 4.68 Å². The predicted octanol–water partition coefficient (Wildman–Crippen LogP) is -0.361. The van der Waals surface area contributed by atoms with E-state index in [4.69, 9.17) is 0 Å². The predicted molar refractivity (Wildman–Crippen MR) is 49.2 cm³/mol. The Balaban J connectivity index is 2.14. The highest BCUT2D eigenvalue weighted by atomic mass is 16.3. The van der Waals surface area contributed by atoms with Crippen molar-refractivity contribution in [3.63, 3.8) is 0 Å². The van der Waals surface area contributed by atoms with E-state index >= 15 is 0 Å². The molecule has 0 fully saturated rings. The lowest BCUT2D eigenvalue weighted by Gasteiger charge is -2.10. The molecule has 1 unspecified atom stereocenters. The van der Waals surface area contributed by atoms with Crippen LogP contribution in [0, 0.1) is 0 Å². The molecule has 0 aromatic carbocycles. The summed E-state index contributed by atoms with van der Waals surface area (Å²) in [6, 6.07) is 0. The second kappa shape index (κ2) is 5.66. The third kappa shape index (κ3) is 4.00. The Morgan fingerprint density at radius 1 is 1.62 bits per heavy atom. The quantitative estimate of drug-likeness (QED) is 0.593. The van der Waals surface area contributed by atoms with Gasteiger partial charge in [0.05, 0.1) is 12.6 Å². The van der Waals surface area contributed by atoms with Crippen molar-refractivity contribution in [1.29, 1.82) is 0 Å². The number of rotatable bonds is 6. The van der Waals surface area contributed by atoms with Crippen LogP contribution in [-0.2, 0) is 6.54 Å². The number of aliphatic hydroxyl groups is 1. The largest absolute Gasteiger partial charge is 0.390 e. The van der Waals surface area contributed by atoms with Crippen LogP contribution in [-0.4, -0.2) is 39.1 Å². The highest BCUT2D eigenvalue weighted by molar-refractivity contribution is 4.63. The van der Waals surface area contributed by atoms with Crippen LogP contribution in [0.5, 0.6) is 0 Å². The molecular weight excluding hydrogens is 168 g/mol. The molecule has 1 atom stereocenters. The average molecular weight is 184 g/mol. The van der Waals surface area contributed by atoms with Crippen molar-refractivity contribution >= 4 is 0 Å². The Bertz CT molecular complexity index is 212. The molecular formula is C8H16N4O. The first-order valence-electron chi connectivity index (χ1n) is 4.54. The number of hydrogen-bond acceptors (Lipinski definition) is 4. The third-order valence-corrected chi connectivity index (χ3v) is 1.67. The van der Waals surface area contributed by atoms with E-state index in [9.17, 15) is 5.11 Å². The summed E-state index contributed by atoms with van der Waals surface area (Å²) in [7, 11) is 0. The molecule has 5 heteroatoms. The van der Waals surface area contributed by atoms with E-state index in [0.29, 0.717) is 13.1 Å². The van der Waals surface area contributed by atoms with Gasteiger partial charge in [-0.1, -0.05) is 6.92 Å². The minimum atomic E-state index is -0.395. The summed E-state index contributed by atoms with van der Waals surface area (Å²) in [6.45, 7) is 4.13. The summed E-state index contributed by atoms with van der Waals surface area (Å²) in [5, 5.41) is 16.5. The van der Waals surface area contributed by atoms with Crippen molar-refractivity contribution in [2.45, 2.75) is 26.0 Å². The van der Waals surface area contributed by atoms with Gasteiger partial charge in [0.2, 0.25) is 0 Å². The zero-order chi connectivity index (χ0) is 9.52. The van der Waals surface area contributed by atoms with Gasteiger partial charge in [-0.2, -0.15) is 5.10 Å². The molecule has 0 amide bonds. The molecule has 0 aliphatic rings. The first-order chi connectivity index (χ1) is 6.33. The molecule has 74 valence electrons. The van der Waals surface area contributed by atoms with Crippen LogP contribution in [0.4, 0.5) is 0 Å². The highest BCUT2D eigenvalue weighted by Crippen LogP contribution is 1.87. The fourth-order valence-electron chi connectivity index (χ4n) is 1.05. The number of aliphatic hydroxyl groups excluding tert-OH is 1. The Hall–Kier alpha value is -0.940. The van der Waals surface area contributed by atoms with E-state index in [2.05, 4.69) is 22.3 Å². The second-order valence-corrected chi connectivity index (χ2v) is 2.98. The van der Waals surface area contributed by atoms with Gasteiger partial charge in [0.1, 0.15) is 12.7 Å². The zero-order valence-corrected chi connectivity index (χ0v) is 7.85. The summed E-state index contributed by atoms with van der Waals surface area (Å²) >= 11 is 0. The van der Waals surface area contributed by atoms with Crippen molar-refractivity contribution in [2.75, 3.05) is 13.1 Å². The Labute approximate surface area is 77.8 Å². The zero-order valence-electron chi connectivity index (χ0n) is 7.85. The molecule has 0 radical (unpaired) electrons. The molecule has 0 saturated carbocycles. The number of hydrogen-bond donors (Lipinski definition) is 2. The van der Waals surface area contributed by atoms with Gasteiger partial charge in [0, 0.05) is 6.54 Å². The van der Waals surface area contributed by atoms with E-state index in [-0.39, 0.29) is 0 Å². The van der Waals surface area contributed by atoms with Crippen LogP contribution in [0.15, 0.2) is 12.7 Å². The smallest absolute Gasteiger partial charge is 0.137 e. The first kappa shape index (κ1) is 10.1. The lowest BCUT2D eigenvalue weighted by atomic mass is 10.3. The summed E-state index contributed by atoms with van der Waals surface area (Å²) in [5.41, 5.74) is 0. The summed E-state index contributed by atoms with van der Waals surface area (Å²) in [4.78, 5) is 3.79. The molecule has 0 aliphatic carbocycles. The molecule has 1 aromatic rings. The fourth-order valence-corrected chi connectivity index (χ4v) is 1.05. The minimum absolute atomic E-state index is 0.395. The van der Waals surface area contributed by atoms with E-state index in [1.165, 1.54) is 6.33 Å². The first-order valence-corrected chi connectivity index (χ1v) is 4.54. The van der Waals surface area contributed by atoms with E-state index in [0.717, 1.165) is 13.0 Å². The highest BCUT2D eigenvalue weighted by Gasteiger charge is 2.03. The van der Waals surface area contributed by atoms with Crippen molar-refractivity contribution < 1.29 is 5.11 Å². The van der Waals surface area contributed by atoms with Crippen LogP contribution in [0.25, 0.3) is 0 Å². The maximum absolute atomic E-state index is 9.50. The fraction of sp³-hybridized carbons (Fsp3) is 0.750. The molecule has 0 spiro atoms. The van der Waals surface area contributed by atoms with Crippen molar-refractivity contribution in [3.05, 3.63) is 12.7 Å². The monoisotopic (exact) mass is 184 g/mol. The maximum atomic E-state index is 9.50. The van der Waals surface area contributed by atoms with Crippen molar-refractivity contribution in [2.24, 2.45) is 0 Å². The maximum Gasteiger partial charge on any atom is 0.137 e. The molecule has 5 nitrogen and oxygen atoms in total. The topological polar surface area (TPSA) is 63.0 Å². The van der Waals surface area contributed by atoms with Gasteiger partial charge in [-0.05, 0) is 13.0 Å². The lowest BCUT2D eigenvalue weighted by molar-refractivity contribution is 0.147. The molecule has 13 heavy (non-hydrogen) atoms. The molecule has 0 bridgehead atoms. The van der Waals surface area contributed by atoms with Gasteiger partial charge < -0.3 is 10.4 Å². The molecule has 0 aliphatic heterocycles. The number of aromatic nitrogens is 3. The number of nitrogens with zero attached hydrogens (tertiary/aromatic N) is 3. The Morgan fingerprint density at radius 3 is 3.08 bits per heavy atom. The SMILES string of the molecule is CCCNCC(O)Cn1cncn1. The Morgan fingerprint density at radius 2 is 2.46 bits per heavy atom. The average Bonchev–Trinajstić information content (AvgIpc) is 2.57. The van der Waals surface area contributed by atoms with Gasteiger partial charge in [0.15, 0.2) is 0 Å². The van der Waals surface area contributed by atoms with Crippen LogP contribution >= 0.6 is 0 Å². The van der Waals surface area contributed by atoms with Gasteiger partial charge in [0.25, 0.3) is 0 Å². The van der Waals surface area contributed by atoms with E-state index < -0.39 is 6.10 Å². The Kier molecular flexibility index (Phi) is 4.42. The summed E-state index contributed by atoms with van der Waals surface area (Å²) in [5.74, 6) is 0. The van der Waals surface area contributed by atoms with Crippen molar-refractivity contribution in [3.8, 4) is 0 Å². The van der Waals surface area contributed by atoms with Gasteiger partial charge in [-0.25, -0.2) is 4.98 Å². The van der Waals surface area contributed by atoms with E-state index in [1.54, 1.807) is 11.0 Å². The minimum Gasteiger partial charge on any atom is -0.390 e. The van der Waals surface area contributed by atoms with Gasteiger partial charge in [-0.15, -0.1) is 0 Å². The molecule has 1 heterocycles. The molecule has 0 saturated heterocycles. The third-order valence-electron chi connectivity index (χ3n) is 1.67. The van der Waals surface area contributed by atoms with Crippen LogP contribution < -0.4 is 5.32 Å². The van der Waals surface area contributed by atoms with Crippen LogP contribution in [0.2, 0.25) is 0 Å².